The fraction of sp³-hybridized carbons (Fsp3) is 0.222. The number of nitrogens with one attached hydrogen (secondary N) is 1. The standard InChI is InChI=1S/C18H13F3N2O3S/c1-9-6-13-14(26-18(20,21)25-13)7-11(9)15-8-22-17(27-15)23-16(24)10-4-2-3-5-12(10)19/h2-3,5-8,10H,4H2,1H3,(H,22,23,24). The van der Waals surface area contributed by atoms with Crippen molar-refractivity contribution in [3.63, 3.8) is 0 Å². The third kappa shape index (κ3) is 3.42. The lowest BCUT2D eigenvalue weighted by molar-refractivity contribution is -0.286. The van der Waals surface area contributed by atoms with Crippen LogP contribution in [0.15, 0.2) is 42.4 Å². The molecular formula is C18H13F3N2O3S. The summed E-state index contributed by atoms with van der Waals surface area (Å²) in [6, 6.07) is 2.90. The molecule has 2 aliphatic rings. The Balaban J connectivity index is 1.54. The average molecular weight is 394 g/mol. The number of hydrogen-bond acceptors (Lipinski definition) is 5. The van der Waals surface area contributed by atoms with Gasteiger partial charge in [-0.05, 0) is 37.1 Å². The number of thiazole rings is 1. The van der Waals surface area contributed by atoms with Gasteiger partial charge in [-0.15, -0.1) is 8.78 Å². The lowest BCUT2D eigenvalue weighted by Gasteiger charge is -2.14. The Kier molecular flexibility index (Phi) is 4.18. The minimum absolute atomic E-state index is 0.0353. The van der Waals surface area contributed by atoms with E-state index in [0.29, 0.717) is 21.1 Å². The highest BCUT2D eigenvalue weighted by atomic mass is 32.1. The molecule has 1 N–H and O–H groups in total. The van der Waals surface area contributed by atoms with Gasteiger partial charge in [0.1, 0.15) is 5.83 Å². The van der Waals surface area contributed by atoms with E-state index < -0.39 is 23.9 Å². The number of halogens is 3. The van der Waals surface area contributed by atoms with E-state index in [0.717, 1.165) is 11.3 Å². The normalized spacial score (nSPS) is 19.7. The van der Waals surface area contributed by atoms with Crippen molar-refractivity contribution in [3.8, 4) is 21.9 Å². The summed E-state index contributed by atoms with van der Waals surface area (Å²) >= 11 is 1.15. The van der Waals surface area contributed by atoms with E-state index in [9.17, 15) is 18.0 Å². The molecule has 5 nitrogen and oxygen atoms in total. The number of allylic oxidation sites excluding steroid dienone is 3. The first-order valence-electron chi connectivity index (χ1n) is 8.02. The van der Waals surface area contributed by atoms with Gasteiger partial charge in [0.05, 0.1) is 10.8 Å². The summed E-state index contributed by atoms with van der Waals surface area (Å²) < 4.78 is 49.1. The predicted molar refractivity (Wildman–Crippen MR) is 93.6 cm³/mol. The number of ether oxygens (including phenoxy) is 2. The largest absolute Gasteiger partial charge is 0.586 e. The highest BCUT2D eigenvalue weighted by Gasteiger charge is 2.43. The zero-order valence-electron chi connectivity index (χ0n) is 14.0. The second-order valence-electron chi connectivity index (χ2n) is 6.07. The lowest BCUT2D eigenvalue weighted by Crippen LogP contribution is -2.25. The molecule has 27 heavy (non-hydrogen) atoms. The average Bonchev–Trinajstić information content (AvgIpc) is 3.16. The monoisotopic (exact) mass is 394 g/mol. The van der Waals surface area contributed by atoms with Crippen LogP contribution in [0.25, 0.3) is 10.4 Å². The van der Waals surface area contributed by atoms with Crippen LogP contribution in [-0.4, -0.2) is 17.2 Å². The summed E-state index contributed by atoms with van der Waals surface area (Å²) in [4.78, 5) is 17.0. The van der Waals surface area contributed by atoms with Crippen molar-refractivity contribution >= 4 is 22.4 Å². The second kappa shape index (κ2) is 6.41. The summed E-state index contributed by atoms with van der Waals surface area (Å²) in [6.45, 7) is 1.74. The molecular weight excluding hydrogens is 381 g/mol. The molecule has 4 rings (SSSR count). The Morgan fingerprint density at radius 3 is 2.81 bits per heavy atom. The molecule has 0 radical (unpaired) electrons. The van der Waals surface area contributed by atoms with Crippen molar-refractivity contribution in [1.82, 2.24) is 4.98 Å². The number of aryl methyl sites for hydroxylation is 1. The van der Waals surface area contributed by atoms with Gasteiger partial charge in [-0.3, -0.25) is 4.79 Å². The number of rotatable bonds is 3. The van der Waals surface area contributed by atoms with Gasteiger partial charge in [0.2, 0.25) is 5.91 Å². The molecule has 0 bridgehead atoms. The lowest BCUT2D eigenvalue weighted by atomic mass is 9.99. The molecule has 1 amide bonds. The van der Waals surface area contributed by atoms with Crippen LogP contribution in [0.4, 0.5) is 18.3 Å². The molecule has 0 spiro atoms. The van der Waals surface area contributed by atoms with Crippen LogP contribution in [0.5, 0.6) is 11.5 Å². The maximum Gasteiger partial charge on any atom is 0.586 e. The third-order valence-corrected chi connectivity index (χ3v) is 5.11. The summed E-state index contributed by atoms with van der Waals surface area (Å²) in [7, 11) is 0. The van der Waals surface area contributed by atoms with Crippen LogP contribution in [0.3, 0.4) is 0 Å². The van der Waals surface area contributed by atoms with Gasteiger partial charge < -0.3 is 14.8 Å². The smallest absolute Gasteiger partial charge is 0.395 e. The fourth-order valence-electron chi connectivity index (χ4n) is 2.85. The molecule has 1 aliphatic carbocycles. The SMILES string of the molecule is Cc1cc2c(cc1-c1cnc(NC(=O)C3CC=CC=C3F)s1)OC(F)(F)O2. The number of alkyl halides is 2. The first kappa shape index (κ1) is 17.6. The number of fused-ring (bicyclic) bond motifs is 1. The van der Waals surface area contributed by atoms with E-state index in [1.165, 1.54) is 24.4 Å². The third-order valence-electron chi connectivity index (χ3n) is 4.16. The maximum absolute atomic E-state index is 13.8. The molecule has 2 heterocycles. The molecule has 140 valence electrons. The molecule has 1 aliphatic heterocycles. The Morgan fingerprint density at radius 2 is 2.07 bits per heavy atom. The van der Waals surface area contributed by atoms with Crippen LogP contribution in [-0.2, 0) is 4.79 Å². The van der Waals surface area contributed by atoms with Crippen LogP contribution >= 0.6 is 11.3 Å². The van der Waals surface area contributed by atoms with E-state index in [2.05, 4.69) is 19.8 Å². The van der Waals surface area contributed by atoms with Gasteiger partial charge in [-0.1, -0.05) is 23.5 Å². The molecule has 1 unspecified atom stereocenters. The Hall–Kier alpha value is -2.81. The molecule has 0 saturated heterocycles. The Bertz CT molecular complexity index is 984. The molecule has 1 aromatic carbocycles. The van der Waals surface area contributed by atoms with E-state index in [1.807, 2.05) is 0 Å². The second-order valence-corrected chi connectivity index (χ2v) is 7.10. The van der Waals surface area contributed by atoms with E-state index in [1.54, 1.807) is 19.1 Å². The Labute approximate surface area is 156 Å². The van der Waals surface area contributed by atoms with Crippen molar-refractivity contribution in [3.05, 3.63) is 47.9 Å². The van der Waals surface area contributed by atoms with Crippen LogP contribution in [0, 0.1) is 12.8 Å². The Morgan fingerprint density at radius 1 is 1.33 bits per heavy atom. The molecule has 2 aromatic rings. The molecule has 1 atom stereocenters. The van der Waals surface area contributed by atoms with Gasteiger partial charge in [-0.2, -0.15) is 0 Å². The molecule has 9 heteroatoms. The highest BCUT2D eigenvalue weighted by Crippen LogP contribution is 2.45. The molecule has 1 aromatic heterocycles. The first-order chi connectivity index (χ1) is 12.8. The summed E-state index contributed by atoms with van der Waals surface area (Å²) in [5.74, 6) is -1.97. The number of anilines is 1. The molecule has 0 saturated carbocycles. The summed E-state index contributed by atoms with van der Waals surface area (Å²) in [6.07, 6.45) is 2.63. The fourth-order valence-corrected chi connectivity index (χ4v) is 3.75. The molecule has 0 fully saturated rings. The number of amides is 1. The highest BCUT2D eigenvalue weighted by molar-refractivity contribution is 7.19. The quantitative estimate of drug-likeness (QED) is 0.812. The maximum atomic E-state index is 13.8. The van der Waals surface area contributed by atoms with Crippen molar-refractivity contribution < 1.29 is 27.4 Å². The van der Waals surface area contributed by atoms with Gasteiger partial charge in [0.15, 0.2) is 16.6 Å². The number of benzene rings is 1. The van der Waals surface area contributed by atoms with Crippen molar-refractivity contribution in [2.24, 2.45) is 5.92 Å². The van der Waals surface area contributed by atoms with Gasteiger partial charge in [0, 0.05) is 11.8 Å². The van der Waals surface area contributed by atoms with E-state index in [4.69, 9.17) is 0 Å². The number of carbonyl (C=O) groups excluding carboxylic acids is 1. The van der Waals surface area contributed by atoms with Crippen LogP contribution < -0.4 is 14.8 Å². The number of carbonyl (C=O) groups is 1. The minimum atomic E-state index is -3.69. The zero-order chi connectivity index (χ0) is 19.2. The number of nitrogens with zero attached hydrogens (tertiary/aromatic N) is 1. The summed E-state index contributed by atoms with van der Waals surface area (Å²) in [5.41, 5.74) is 1.31. The van der Waals surface area contributed by atoms with Gasteiger partial charge in [-0.25, -0.2) is 9.37 Å². The van der Waals surface area contributed by atoms with Crippen molar-refractivity contribution in [2.75, 3.05) is 5.32 Å². The predicted octanol–water partition coefficient (Wildman–Crippen LogP) is 4.81. The topological polar surface area (TPSA) is 60.5 Å². The van der Waals surface area contributed by atoms with Gasteiger partial charge in [0.25, 0.3) is 0 Å². The number of aromatic nitrogens is 1. The zero-order valence-corrected chi connectivity index (χ0v) is 14.8. The van der Waals surface area contributed by atoms with E-state index >= 15 is 0 Å². The van der Waals surface area contributed by atoms with Crippen molar-refractivity contribution in [1.29, 1.82) is 0 Å². The summed E-state index contributed by atoms with van der Waals surface area (Å²) in [5, 5.41) is 2.89. The number of hydrogen-bond donors (Lipinski definition) is 1. The first-order valence-corrected chi connectivity index (χ1v) is 8.84. The van der Waals surface area contributed by atoms with Gasteiger partial charge >= 0.3 is 6.29 Å². The van der Waals surface area contributed by atoms with E-state index in [-0.39, 0.29) is 17.9 Å². The van der Waals surface area contributed by atoms with Crippen LogP contribution in [0.1, 0.15) is 12.0 Å². The minimum Gasteiger partial charge on any atom is -0.395 e. The van der Waals surface area contributed by atoms with Crippen LogP contribution in [0.2, 0.25) is 0 Å². The van der Waals surface area contributed by atoms with Crippen molar-refractivity contribution in [2.45, 2.75) is 19.6 Å².